The smallest absolute Gasteiger partial charge is 0.121 e. The monoisotopic (exact) mass is 207 g/mol. The minimum atomic E-state index is 0.154. The van der Waals surface area contributed by atoms with E-state index >= 15 is 0 Å². The first-order valence-corrected chi connectivity index (χ1v) is 4.83. The molecular formula is C10H13N3O2. The summed E-state index contributed by atoms with van der Waals surface area (Å²) in [6, 6.07) is 5.57. The number of methoxy groups -OCH3 is 1. The van der Waals surface area contributed by atoms with Gasteiger partial charge < -0.3 is 9.84 Å². The molecule has 2 rings (SSSR count). The number of benzene rings is 1. The SMILES string of the molecule is COc1ccc2nn(CCCO)nc2c1. The Morgan fingerprint density at radius 1 is 1.33 bits per heavy atom. The predicted molar refractivity (Wildman–Crippen MR) is 55.8 cm³/mol. The van der Waals surface area contributed by atoms with E-state index in [1.165, 1.54) is 0 Å². The van der Waals surface area contributed by atoms with Crippen LogP contribution >= 0.6 is 0 Å². The maximum atomic E-state index is 8.70. The van der Waals surface area contributed by atoms with Crippen molar-refractivity contribution in [1.29, 1.82) is 0 Å². The lowest BCUT2D eigenvalue weighted by atomic mass is 10.3. The van der Waals surface area contributed by atoms with Gasteiger partial charge in [-0.2, -0.15) is 15.0 Å². The summed E-state index contributed by atoms with van der Waals surface area (Å²) in [6.07, 6.45) is 0.665. The van der Waals surface area contributed by atoms with Gasteiger partial charge in [0.15, 0.2) is 0 Å². The molecule has 0 unspecified atom stereocenters. The van der Waals surface area contributed by atoms with Gasteiger partial charge in [-0.3, -0.25) is 0 Å². The number of fused-ring (bicyclic) bond motifs is 1. The van der Waals surface area contributed by atoms with Crippen molar-refractivity contribution in [3.8, 4) is 5.75 Å². The molecule has 5 heteroatoms. The molecule has 0 aliphatic carbocycles. The molecule has 1 N–H and O–H groups in total. The van der Waals surface area contributed by atoms with Gasteiger partial charge in [-0.25, -0.2) is 0 Å². The summed E-state index contributed by atoms with van der Waals surface area (Å²) in [5.41, 5.74) is 1.65. The van der Waals surface area contributed by atoms with Crippen LogP contribution in [0.1, 0.15) is 6.42 Å². The van der Waals surface area contributed by atoms with Gasteiger partial charge in [-0.05, 0) is 18.6 Å². The van der Waals surface area contributed by atoms with E-state index in [-0.39, 0.29) is 6.61 Å². The second kappa shape index (κ2) is 4.27. The zero-order chi connectivity index (χ0) is 10.7. The van der Waals surface area contributed by atoms with Gasteiger partial charge in [0.2, 0.25) is 0 Å². The van der Waals surface area contributed by atoms with E-state index in [0.717, 1.165) is 16.8 Å². The van der Waals surface area contributed by atoms with Crippen LogP contribution in [0.4, 0.5) is 0 Å². The molecule has 0 aliphatic heterocycles. The number of hydrogen-bond acceptors (Lipinski definition) is 4. The average molecular weight is 207 g/mol. The number of aromatic nitrogens is 3. The van der Waals surface area contributed by atoms with E-state index in [4.69, 9.17) is 9.84 Å². The average Bonchev–Trinajstić information content (AvgIpc) is 2.67. The van der Waals surface area contributed by atoms with Crippen LogP contribution in [0.25, 0.3) is 11.0 Å². The van der Waals surface area contributed by atoms with Gasteiger partial charge in [0, 0.05) is 12.7 Å². The lowest BCUT2D eigenvalue weighted by molar-refractivity contribution is 0.273. The fourth-order valence-electron chi connectivity index (χ4n) is 1.38. The van der Waals surface area contributed by atoms with Crippen molar-refractivity contribution in [2.24, 2.45) is 0 Å². The Balaban J connectivity index is 2.29. The highest BCUT2D eigenvalue weighted by atomic mass is 16.5. The van der Waals surface area contributed by atoms with Crippen LogP contribution in [-0.2, 0) is 6.54 Å². The quantitative estimate of drug-likeness (QED) is 0.806. The molecule has 0 amide bonds. The third kappa shape index (κ3) is 2.07. The number of hydrogen-bond donors (Lipinski definition) is 1. The molecule has 1 aromatic heterocycles. The van der Waals surface area contributed by atoms with Crippen molar-refractivity contribution in [2.75, 3.05) is 13.7 Å². The first-order chi connectivity index (χ1) is 7.33. The van der Waals surface area contributed by atoms with Crippen molar-refractivity contribution in [1.82, 2.24) is 15.0 Å². The van der Waals surface area contributed by atoms with Crippen LogP contribution in [0.15, 0.2) is 18.2 Å². The van der Waals surface area contributed by atoms with E-state index in [1.807, 2.05) is 18.2 Å². The molecule has 0 saturated heterocycles. The van der Waals surface area contributed by atoms with E-state index in [0.29, 0.717) is 13.0 Å². The van der Waals surface area contributed by atoms with E-state index in [1.54, 1.807) is 11.9 Å². The largest absolute Gasteiger partial charge is 0.497 e. The fraction of sp³-hybridized carbons (Fsp3) is 0.400. The van der Waals surface area contributed by atoms with Crippen LogP contribution in [0.5, 0.6) is 5.75 Å². The predicted octanol–water partition coefficient (Wildman–Crippen LogP) is 0.822. The number of aliphatic hydroxyl groups excluding tert-OH is 1. The van der Waals surface area contributed by atoms with Gasteiger partial charge >= 0.3 is 0 Å². The van der Waals surface area contributed by atoms with Crippen LogP contribution in [0.2, 0.25) is 0 Å². The van der Waals surface area contributed by atoms with E-state index in [2.05, 4.69) is 10.2 Å². The molecule has 0 fully saturated rings. The molecule has 1 aromatic carbocycles. The summed E-state index contributed by atoms with van der Waals surface area (Å²) >= 11 is 0. The molecule has 0 saturated carbocycles. The topological polar surface area (TPSA) is 60.2 Å². The Morgan fingerprint density at radius 3 is 2.87 bits per heavy atom. The van der Waals surface area contributed by atoms with Crippen LogP contribution in [0, 0.1) is 0 Å². The second-order valence-electron chi connectivity index (χ2n) is 3.23. The number of rotatable bonds is 4. The van der Waals surface area contributed by atoms with Crippen molar-refractivity contribution < 1.29 is 9.84 Å². The Morgan fingerprint density at radius 2 is 2.13 bits per heavy atom. The highest BCUT2D eigenvalue weighted by molar-refractivity contribution is 5.75. The molecule has 2 aromatic rings. The number of ether oxygens (including phenoxy) is 1. The Hall–Kier alpha value is -1.62. The zero-order valence-corrected chi connectivity index (χ0v) is 8.55. The summed E-state index contributed by atoms with van der Waals surface area (Å²) in [5.74, 6) is 0.775. The molecule has 0 radical (unpaired) electrons. The Labute approximate surface area is 87.3 Å². The van der Waals surface area contributed by atoms with Gasteiger partial charge in [0.05, 0.1) is 13.7 Å². The Bertz CT molecular complexity index is 453. The third-order valence-electron chi connectivity index (χ3n) is 2.15. The van der Waals surface area contributed by atoms with Crippen LogP contribution < -0.4 is 4.74 Å². The third-order valence-corrected chi connectivity index (χ3v) is 2.15. The summed E-state index contributed by atoms with van der Waals surface area (Å²) in [5, 5.41) is 17.2. The van der Waals surface area contributed by atoms with Gasteiger partial charge in [0.25, 0.3) is 0 Å². The minimum Gasteiger partial charge on any atom is -0.497 e. The number of aryl methyl sites for hydroxylation is 1. The maximum absolute atomic E-state index is 8.70. The molecule has 5 nitrogen and oxygen atoms in total. The highest BCUT2D eigenvalue weighted by Gasteiger charge is 2.03. The molecule has 1 heterocycles. The summed E-state index contributed by atoms with van der Waals surface area (Å²) < 4.78 is 5.10. The molecule has 15 heavy (non-hydrogen) atoms. The van der Waals surface area contributed by atoms with E-state index in [9.17, 15) is 0 Å². The lowest BCUT2D eigenvalue weighted by Crippen LogP contribution is -2.03. The molecule has 80 valence electrons. The summed E-state index contributed by atoms with van der Waals surface area (Å²) in [7, 11) is 1.62. The summed E-state index contributed by atoms with van der Waals surface area (Å²) in [6.45, 7) is 0.786. The molecule has 0 atom stereocenters. The van der Waals surface area contributed by atoms with Crippen molar-refractivity contribution in [2.45, 2.75) is 13.0 Å². The lowest BCUT2D eigenvalue weighted by Gasteiger charge is -1.95. The van der Waals surface area contributed by atoms with Crippen molar-refractivity contribution in [3.63, 3.8) is 0 Å². The standard InChI is InChI=1S/C10H13N3O2/c1-15-8-3-4-9-10(7-8)12-13(11-9)5-2-6-14/h3-4,7,14H,2,5-6H2,1H3. The zero-order valence-electron chi connectivity index (χ0n) is 8.55. The molecule has 0 aliphatic rings. The number of aliphatic hydroxyl groups is 1. The first-order valence-electron chi connectivity index (χ1n) is 4.83. The van der Waals surface area contributed by atoms with Crippen molar-refractivity contribution in [3.05, 3.63) is 18.2 Å². The van der Waals surface area contributed by atoms with Gasteiger partial charge in [-0.1, -0.05) is 0 Å². The van der Waals surface area contributed by atoms with Gasteiger partial charge in [0.1, 0.15) is 16.8 Å². The normalized spacial score (nSPS) is 10.8. The molecular weight excluding hydrogens is 194 g/mol. The van der Waals surface area contributed by atoms with Crippen molar-refractivity contribution >= 4 is 11.0 Å². The minimum absolute atomic E-state index is 0.154. The second-order valence-corrected chi connectivity index (χ2v) is 3.23. The Kier molecular flexibility index (Phi) is 2.82. The maximum Gasteiger partial charge on any atom is 0.121 e. The summed E-state index contributed by atoms with van der Waals surface area (Å²) in [4.78, 5) is 1.60. The van der Waals surface area contributed by atoms with Crippen LogP contribution in [-0.4, -0.2) is 33.8 Å². The van der Waals surface area contributed by atoms with Gasteiger partial charge in [-0.15, -0.1) is 0 Å². The van der Waals surface area contributed by atoms with E-state index < -0.39 is 0 Å². The molecule has 0 spiro atoms. The number of nitrogens with zero attached hydrogens (tertiary/aromatic N) is 3. The highest BCUT2D eigenvalue weighted by Crippen LogP contribution is 2.17. The first kappa shape index (κ1) is 9.92. The fourth-order valence-corrected chi connectivity index (χ4v) is 1.38. The van der Waals surface area contributed by atoms with Crippen LogP contribution in [0.3, 0.4) is 0 Å². The molecule has 0 bridgehead atoms.